The van der Waals surface area contributed by atoms with Gasteiger partial charge in [-0.2, -0.15) is 5.10 Å². The van der Waals surface area contributed by atoms with Gasteiger partial charge in [0, 0.05) is 43.3 Å². The van der Waals surface area contributed by atoms with Crippen molar-refractivity contribution in [2.75, 3.05) is 51.2 Å². The predicted octanol–water partition coefficient (Wildman–Crippen LogP) is 3.71. The van der Waals surface area contributed by atoms with Gasteiger partial charge in [0.05, 0.1) is 16.6 Å². The number of fused-ring (bicyclic) bond motifs is 2. The molecule has 0 amide bonds. The molecule has 4 aromatic rings. The summed E-state index contributed by atoms with van der Waals surface area (Å²) in [6.07, 6.45) is 0. The molecule has 0 saturated carbocycles. The Morgan fingerprint density at radius 1 is 1.09 bits per heavy atom. The van der Waals surface area contributed by atoms with Crippen LogP contribution in [0.1, 0.15) is 13.8 Å². The Hall–Kier alpha value is -2.97. The Bertz CT molecular complexity index is 1230. The number of benzene rings is 2. The molecule has 0 aliphatic carbocycles. The first-order valence-electron chi connectivity index (χ1n) is 11.4. The highest BCUT2D eigenvalue weighted by atomic mass is 19.1. The van der Waals surface area contributed by atoms with Crippen LogP contribution in [0, 0.1) is 5.82 Å². The van der Waals surface area contributed by atoms with Gasteiger partial charge in [0.1, 0.15) is 11.5 Å². The molecule has 3 heterocycles. The van der Waals surface area contributed by atoms with Crippen molar-refractivity contribution >= 4 is 27.6 Å². The maximum Gasteiger partial charge on any atom is 0.159 e. The van der Waals surface area contributed by atoms with E-state index in [1.54, 1.807) is 6.07 Å². The minimum atomic E-state index is -0.284. The Balaban J connectivity index is 1.41. The van der Waals surface area contributed by atoms with Gasteiger partial charge in [-0.1, -0.05) is 13.8 Å². The molecule has 1 unspecified atom stereocenters. The number of aromatic nitrogens is 4. The average molecular weight is 436 g/mol. The van der Waals surface area contributed by atoms with Gasteiger partial charge < -0.3 is 14.8 Å². The topological polar surface area (TPSA) is 67.1 Å². The first-order chi connectivity index (χ1) is 15.6. The molecule has 2 N–H and O–H groups in total. The molecule has 2 aromatic carbocycles. The summed E-state index contributed by atoms with van der Waals surface area (Å²) in [6.45, 7) is 10.8. The summed E-state index contributed by atoms with van der Waals surface area (Å²) in [7, 11) is 2.23. The number of imidazole rings is 1. The summed E-state index contributed by atoms with van der Waals surface area (Å²) < 4.78 is 13.5. The van der Waals surface area contributed by atoms with Crippen molar-refractivity contribution in [3.05, 3.63) is 42.2 Å². The van der Waals surface area contributed by atoms with E-state index in [1.807, 2.05) is 0 Å². The minimum absolute atomic E-state index is 0.284. The second-order valence-electron chi connectivity index (χ2n) is 8.62. The van der Waals surface area contributed by atoms with Gasteiger partial charge in [0.15, 0.2) is 5.82 Å². The third kappa shape index (κ3) is 3.84. The molecule has 1 atom stereocenters. The number of rotatable bonds is 6. The normalized spacial score (nSPS) is 17.8. The summed E-state index contributed by atoms with van der Waals surface area (Å²) in [5.74, 6) is 0.404. The number of hydrogen-bond acceptors (Lipinski definition) is 5. The number of likely N-dealkylation sites (N-methyl/N-ethyl adjacent to an activating group) is 2. The maximum atomic E-state index is 13.5. The lowest BCUT2D eigenvalue weighted by atomic mass is 10.1. The van der Waals surface area contributed by atoms with Crippen LogP contribution in [0.4, 0.5) is 10.1 Å². The maximum absolute atomic E-state index is 13.5. The molecule has 1 fully saturated rings. The number of anilines is 1. The quantitative estimate of drug-likeness (QED) is 0.483. The van der Waals surface area contributed by atoms with Crippen LogP contribution < -0.4 is 4.90 Å². The fourth-order valence-electron chi connectivity index (χ4n) is 4.64. The number of piperazine rings is 1. The van der Waals surface area contributed by atoms with Crippen LogP contribution >= 0.6 is 0 Å². The molecule has 1 saturated heterocycles. The van der Waals surface area contributed by atoms with E-state index < -0.39 is 0 Å². The van der Waals surface area contributed by atoms with Crippen molar-refractivity contribution in [1.82, 2.24) is 30.0 Å². The lowest BCUT2D eigenvalue weighted by molar-refractivity contribution is 0.157. The van der Waals surface area contributed by atoms with Gasteiger partial charge >= 0.3 is 0 Å². The smallest absolute Gasteiger partial charge is 0.159 e. The lowest BCUT2D eigenvalue weighted by Gasteiger charge is -2.42. The van der Waals surface area contributed by atoms with E-state index in [-0.39, 0.29) is 5.82 Å². The minimum Gasteiger partial charge on any atom is -0.369 e. The Kier molecular flexibility index (Phi) is 5.57. The van der Waals surface area contributed by atoms with Crippen LogP contribution in [0.3, 0.4) is 0 Å². The third-order valence-electron chi connectivity index (χ3n) is 6.72. The van der Waals surface area contributed by atoms with E-state index in [9.17, 15) is 4.39 Å². The van der Waals surface area contributed by atoms with E-state index >= 15 is 0 Å². The molecule has 32 heavy (non-hydrogen) atoms. The number of nitrogens with zero attached hydrogens (tertiary/aromatic N) is 5. The monoisotopic (exact) mass is 435 g/mol. The molecule has 0 radical (unpaired) electrons. The van der Waals surface area contributed by atoms with Crippen LogP contribution in [0.25, 0.3) is 33.5 Å². The summed E-state index contributed by atoms with van der Waals surface area (Å²) in [5, 5.41) is 8.12. The Morgan fingerprint density at radius 3 is 2.75 bits per heavy atom. The van der Waals surface area contributed by atoms with Gasteiger partial charge in [-0.3, -0.25) is 10.00 Å². The molecule has 7 nitrogen and oxygen atoms in total. The number of H-pyrrole nitrogens is 2. The van der Waals surface area contributed by atoms with E-state index in [2.05, 4.69) is 69.0 Å². The highest BCUT2D eigenvalue weighted by Crippen LogP contribution is 2.29. The molecule has 0 spiro atoms. The third-order valence-corrected chi connectivity index (χ3v) is 6.72. The molecule has 2 aromatic heterocycles. The summed E-state index contributed by atoms with van der Waals surface area (Å²) in [4.78, 5) is 15.6. The SMILES string of the molecule is CCN(CC)CC1CN(c2ccc3nc(-c4n[nH]c5cc(F)ccc45)[nH]c3c2)CCN1C. The zero-order chi connectivity index (χ0) is 22.2. The van der Waals surface area contributed by atoms with Gasteiger partial charge in [0.25, 0.3) is 0 Å². The average Bonchev–Trinajstić information content (AvgIpc) is 3.41. The highest BCUT2D eigenvalue weighted by Gasteiger charge is 2.26. The molecule has 5 rings (SSSR count). The van der Waals surface area contributed by atoms with E-state index in [1.165, 1.54) is 17.8 Å². The molecular formula is C24H30FN7. The molecule has 0 bridgehead atoms. The summed E-state index contributed by atoms with van der Waals surface area (Å²) in [6, 6.07) is 11.6. The van der Waals surface area contributed by atoms with Crippen LogP contribution in [0.2, 0.25) is 0 Å². The fraction of sp³-hybridized carbons (Fsp3) is 0.417. The van der Waals surface area contributed by atoms with Crippen molar-refractivity contribution < 1.29 is 4.39 Å². The van der Waals surface area contributed by atoms with E-state index in [0.717, 1.165) is 55.7 Å². The van der Waals surface area contributed by atoms with Crippen LogP contribution in [0.15, 0.2) is 36.4 Å². The molecular weight excluding hydrogens is 405 g/mol. The molecule has 1 aliphatic heterocycles. The zero-order valence-corrected chi connectivity index (χ0v) is 18.9. The van der Waals surface area contributed by atoms with Gasteiger partial charge in [-0.05, 0) is 56.5 Å². The number of nitrogens with one attached hydrogen (secondary N) is 2. The number of halogens is 1. The first-order valence-corrected chi connectivity index (χ1v) is 11.4. The summed E-state index contributed by atoms with van der Waals surface area (Å²) >= 11 is 0. The second kappa shape index (κ2) is 8.52. The summed E-state index contributed by atoms with van der Waals surface area (Å²) in [5.41, 5.74) is 4.46. The predicted molar refractivity (Wildman–Crippen MR) is 128 cm³/mol. The lowest BCUT2D eigenvalue weighted by Crippen LogP contribution is -2.55. The molecule has 1 aliphatic rings. The fourth-order valence-corrected chi connectivity index (χ4v) is 4.64. The van der Waals surface area contributed by atoms with Gasteiger partial charge in [0.2, 0.25) is 0 Å². The van der Waals surface area contributed by atoms with Crippen molar-refractivity contribution in [3.63, 3.8) is 0 Å². The second-order valence-corrected chi connectivity index (χ2v) is 8.62. The highest BCUT2D eigenvalue weighted by molar-refractivity contribution is 5.93. The Labute approximate surface area is 187 Å². The van der Waals surface area contributed by atoms with Crippen molar-refractivity contribution in [2.45, 2.75) is 19.9 Å². The molecule has 168 valence electrons. The van der Waals surface area contributed by atoms with Crippen LogP contribution in [-0.2, 0) is 0 Å². The van der Waals surface area contributed by atoms with Gasteiger partial charge in [-0.15, -0.1) is 0 Å². The first kappa shape index (κ1) is 20.9. The van der Waals surface area contributed by atoms with Crippen molar-refractivity contribution in [1.29, 1.82) is 0 Å². The van der Waals surface area contributed by atoms with Crippen LogP contribution in [-0.4, -0.2) is 82.3 Å². The van der Waals surface area contributed by atoms with Crippen LogP contribution in [0.5, 0.6) is 0 Å². The number of aromatic amines is 2. The Morgan fingerprint density at radius 2 is 1.94 bits per heavy atom. The zero-order valence-electron chi connectivity index (χ0n) is 18.9. The largest absolute Gasteiger partial charge is 0.369 e. The van der Waals surface area contributed by atoms with Crippen molar-refractivity contribution in [3.8, 4) is 11.5 Å². The van der Waals surface area contributed by atoms with Gasteiger partial charge in [-0.25, -0.2) is 9.37 Å². The van der Waals surface area contributed by atoms with Crippen molar-refractivity contribution in [2.24, 2.45) is 0 Å². The van der Waals surface area contributed by atoms with E-state index in [4.69, 9.17) is 4.98 Å². The number of hydrogen-bond donors (Lipinski definition) is 2. The van der Waals surface area contributed by atoms with E-state index in [0.29, 0.717) is 23.1 Å². The molecule has 8 heteroatoms. The standard InChI is InChI=1S/C24H30FN7/c1-4-31(5-2)14-18-15-32(11-10-30(18)3)17-7-9-20-22(13-17)27-24(26-20)23-19-8-6-16(25)12-21(19)28-29-23/h6-9,12-13,18H,4-5,10-11,14-15H2,1-3H3,(H,26,27)(H,28,29).